The van der Waals surface area contributed by atoms with E-state index >= 15 is 0 Å². The van der Waals surface area contributed by atoms with Gasteiger partial charge in [-0.25, -0.2) is 0 Å². The number of benzene rings is 1. The van der Waals surface area contributed by atoms with Crippen molar-refractivity contribution in [3.8, 4) is 0 Å². The fourth-order valence-corrected chi connectivity index (χ4v) is 4.71. The minimum absolute atomic E-state index is 0.331. The maximum absolute atomic E-state index is 6.31. The lowest BCUT2D eigenvalue weighted by Gasteiger charge is -2.43. The predicted molar refractivity (Wildman–Crippen MR) is 82.5 cm³/mol. The molecule has 2 nitrogen and oxygen atoms in total. The molecular formula is C16H23ClN2. The van der Waals surface area contributed by atoms with Crippen LogP contribution in [0.25, 0.3) is 0 Å². The zero-order valence-electron chi connectivity index (χ0n) is 12.0. The van der Waals surface area contributed by atoms with Crippen LogP contribution in [0, 0.1) is 16.7 Å². The quantitative estimate of drug-likeness (QED) is 0.779. The van der Waals surface area contributed by atoms with E-state index in [1.807, 2.05) is 18.2 Å². The Bertz CT molecular complexity index is 507. The molecule has 0 heterocycles. The molecule has 3 atom stereocenters. The fraction of sp³-hybridized carbons (Fsp3) is 0.625. The molecule has 0 amide bonds. The molecule has 3 N–H and O–H groups in total. The van der Waals surface area contributed by atoms with Gasteiger partial charge in [0.2, 0.25) is 0 Å². The van der Waals surface area contributed by atoms with E-state index in [9.17, 15) is 0 Å². The van der Waals surface area contributed by atoms with Crippen LogP contribution in [-0.4, -0.2) is 6.04 Å². The molecule has 2 fully saturated rings. The van der Waals surface area contributed by atoms with Gasteiger partial charge < -0.3 is 11.1 Å². The normalized spacial score (nSPS) is 35.6. The van der Waals surface area contributed by atoms with Crippen molar-refractivity contribution in [2.24, 2.45) is 16.7 Å². The molecule has 104 valence electrons. The van der Waals surface area contributed by atoms with Crippen molar-refractivity contribution in [3.63, 3.8) is 0 Å². The first-order valence-electron chi connectivity index (χ1n) is 7.14. The molecule has 0 spiro atoms. The second-order valence-electron chi connectivity index (χ2n) is 7.23. The zero-order chi connectivity index (χ0) is 13.8. The van der Waals surface area contributed by atoms with Crippen molar-refractivity contribution in [2.75, 3.05) is 11.1 Å². The second-order valence-corrected chi connectivity index (χ2v) is 7.64. The van der Waals surface area contributed by atoms with Gasteiger partial charge in [0.1, 0.15) is 0 Å². The molecule has 1 aromatic carbocycles. The highest BCUT2D eigenvalue weighted by Gasteiger charge is 2.59. The Labute approximate surface area is 120 Å². The fourth-order valence-electron chi connectivity index (χ4n) is 4.47. The molecule has 19 heavy (non-hydrogen) atoms. The Balaban J connectivity index is 1.90. The summed E-state index contributed by atoms with van der Waals surface area (Å²) in [5.74, 6) is 0.836. The van der Waals surface area contributed by atoms with Crippen LogP contribution in [0.1, 0.15) is 40.0 Å². The summed E-state index contributed by atoms with van der Waals surface area (Å²) < 4.78 is 0. The Morgan fingerprint density at radius 1 is 1.32 bits per heavy atom. The van der Waals surface area contributed by atoms with Crippen molar-refractivity contribution < 1.29 is 0 Å². The molecule has 0 saturated heterocycles. The molecule has 0 radical (unpaired) electrons. The van der Waals surface area contributed by atoms with Crippen LogP contribution in [0.4, 0.5) is 11.4 Å². The Kier molecular flexibility index (Phi) is 2.79. The lowest BCUT2D eigenvalue weighted by atomic mass is 9.68. The molecule has 2 bridgehead atoms. The van der Waals surface area contributed by atoms with Crippen molar-refractivity contribution in [2.45, 2.75) is 46.1 Å². The van der Waals surface area contributed by atoms with Crippen LogP contribution in [0.5, 0.6) is 0 Å². The predicted octanol–water partition coefficient (Wildman–Crippen LogP) is 4.55. The zero-order valence-corrected chi connectivity index (χ0v) is 12.7. The van der Waals surface area contributed by atoms with E-state index in [0.717, 1.165) is 16.6 Å². The summed E-state index contributed by atoms with van der Waals surface area (Å²) in [5, 5.41) is 4.44. The third kappa shape index (κ3) is 1.92. The van der Waals surface area contributed by atoms with Crippen molar-refractivity contribution in [1.29, 1.82) is 0 Å². The minimum Gasteiger partial charge on any atom is -0.399 e. The number of rotatable bonds is 2. The van der Waals surface area contributed by atoms with Crippen LogP contribution in [-0.2, 0) is 0 Å². The number of fused-ring (bicyclic) bond motifs is 2. The molecule has 2 saturated carbocycles. The lowest BCUT2D eigenvalue weighted by molar-refractivity contribution is 0.155. The number of nitrogen functional groups attached to an aromatic ring is 1. The Morgan fingerprint density at radius 2 is 2.05 bits per heavy atom. The third-order valence-corrected chi connectivity index (χ3v) is 5.88. The van der Waals surface area contributed by atoms with Gasteiger partial charge >= 0.3 is 0 Å². The van der Waals surface area contributed by atoms with E-state index < -0.39 is 0 Å². The van der Waals surface area contributed by atoms with E-state index in [4.69, 9.17) is 17.3 Å². The van der Waals surface area contributed by atoms with Crippen molar-refractivity contribution >= 4 is 23.0 Å². The first-order valence-corrected chi connectivity index (χ1v) is 7.52. The van der Waals surface area contributed by atoms with Crippen LogP contribution in [0.2, 0.25) is 5.02 Å². The summed E-state index contributed by atoms with van der Waals surface area (Å²) in [6.07, 6.45) is 4.03. The minimum atomic E-state index is 0.331. The Hall–Kier alpha value is -0.890. The highest BCUT2D eigenvalue weighted by Crippen LogP contribution is 2.63. The highest BCUT2D eigenvalue weighted by atomic mass is 35.5. The number of hydrogen-bond donors (Lipinski definition) is 2. The van der Waals surface area contributed by atoms with E-state index in [1.165, 1.54) is 19.3 Å². The first kappa shape index (κ1) is 13.1. The molecular weight excluding hydrogens is 256 g/mol. The summed E-state index contributed by atoms with van der Waals surface area (Å²) in [7, 11) is 0. The molecule has 2 aliphatic carbocycles. The van der Waals surface area contributed by atoms with Gasteiger partial charge in [-0.05, 0) is 54.2 Å². The largest absolute Gasteiger partial charge is 0.399 e. The Morgan fingerprint density at radius 3 is 2.63 bits per heavy atom. The van der Waals surface area contributed by atoms with Gasteiger partial charge in [-0.1, -0.05) is 32.4 Å². The lowest BCUT2D eigenvalue weighted by Crippen LogP contribution is -2.45. The van der Waals surface area contributed by atoms with Crippen molar-refractivity contribution in [3.05, 3.63) is 23.2 Å². The van der Waals surface area contributed by atoms with Gasteiger partial charge in [0.25, 0.3) is 0 Å². The molecule has 0 aliphatic heterocycles. The molecule has 3 heteroatoms. The molecule has 1 aromatic rings. The topological polar surface area (TPSA) is 38.0 Å². The van der Waals surface area contributed by atoms with Crippen molar-refractivity contribution in [1.82, 2.24) is 0 Å². The van der Waals surface area contributed by atoms with Gasteiger partial charge in [0.05, 0.1) is 10.7 Å². The molecule has 2 aliphatic rings. The van der Waals surface area contributed by atoms with Gasteiger partial charge in [-0.3, -0.25) is 0 Å². The third-order valence-electron chi connectivity index (χ3n) is 5.56. The molecule has 0 aromatic heterocycles. The number of nitrogens with one attached hydrogen (secondary N) is 1. The number of hydrogen-bond acceptors (Lipinski definition) is 2. The number of nitrogens with two attached hydrogens (primary N) is 1. The smallest absolute Gasteiger partial charge is 0.0658 e. The van der Waals surface area contributed by atoms with Crippen LogP contribution in [0.3, 0.4) is 0 Å². The van der Waals surface area contributed by atoms with E-state index in [1.54, 1.807) is 0 Å². The summed E-state index contributed by atoms with van der Waals surface area (Å²) in [4.78, 5) is 0. The van der Waals surface area contributed by atoms with E-state index in [-0.39, 0.29) is 0 Å². The standard InChI is InChI=1S/C16H23ClN2/c1-15(2)10-6-7-16(3,9-10)14(15)19-13-5-4-11(18)8-12(13)17/h4-5,8,10,14,19H,6-7,9,18H2,1-3H3. The van der Waals surface area contributed by atoms with Crippen LogP contribution in [0.15, 0.2) is 18.2 Å². The summed E-state index contributed by atoms with van der Waals surface area (Å²) >= 11 is 6.31. The highest BCUT2D eigenvalue weighted by molar-refractivity contribution is 6.33. The van der Waals surface area contributed by atoms with Crippen LogP contribution < -0.4 is 11.1 Å². The summed E-state index contributed by atoms with van der Waals surface area (Å²) in [6.45, 7) is 7.21. The van der Waals surface area contributed by atoms with Crippen LogP contribution >= 0.6 is 11.6 Å². The summed E-state index contributed by atoms with van der Waals surface area (Å²) in [5.41, 5.74) is 8.23. The average molecular weight is 279 g/mol. The molecule has 3 unspecified atom stereocenters. The maximum atomic E-state index is 6.31. The monoisotopic (exact) mass is 278 g/mol. The number of halogens is 1. The van der Waals surface area contributed by atoms with Gasteiger partial charge in [-0.15, -0.1) is 0 Å². The van der Waals surface area contributed by atoms with Gasteiger partial charge in [0.15, 0.2) is 0 Å². The SMILES string of the molecule is CC12CCC(C1)C(C)(C)C2Nc1ccc(N)cc1Cl. The van der Waals surface area contributed by atoms with E-state index in [0.29, 0.717) is 22.6 Å². The second kappa shape index (κ2) is 4.05. The average Bonchev–Trinajstić information content (AvgIpc) is 2.78. The summed E-state index contributed by atoms with van der Waals surface area (Å²) in [6, 6.07) is 6.23. The maximum Gasteiger partial charge on any atom is 0.0658 e. The number of anilines is 2. The first-order chi connectivity index (χ1) is 8.83. The van der Waals surface area contributed by atoms with Gasteiger partial charge in [0, 0.05) is 11.7 Å². The molecule has 3 rings (SSSR count). The van der Waals surface area contributed by atoms with E-state index in [2.05, 4.69) is 26.1 Å². The van der Waals surface area contributed by atoms with Gasteiger partial charge in [-0.2, -0.15) is 0 Å².